The Morgan fingerprint density at radius 1 is 1.36 bits per heavy atom. The van der Waals surface area contributed by atoms with Crippen LogP contribution in [0, 0.1) is 9.49 Å². The van der Waals surface area contributed by atoms with Crippen molar-refractivity contribution in [3.8, 4) is 0 Å². The second-order valence-corrected chi connectivity index (χ2v) is 5.06. The summed E-state index contributed by atoms with van der Waals surface area (Å²) in [6.07, 6.45) is -0.479. The Kier molecular flexibility index (Phi) is 4.34. The Labute approximate surface area is 98.7 Å². The van der Waals surface area contributed by atoms with Gasteiger partial charge >= 0.3 is 0 Å². The van der Waals surface area contributed by atoms with Crippen molar-refractivity contribution in [2.45, 2.75) is 26.0 Å². The third kappa shape index (κ3) is 2.93. The van der Waals surface area contributed by atoms with E-state index in [1.807, 2.05) is 38.1 Å². The molecule has 2 unspecified atom stereocenters. The van der Waals surface area contributed by atoms with E-state index < -0.39 is 6.10 Å². The van der Waals surface area contributed by atoms with Gasteiger partial charge in [0.25, 0.3) is 0 Å². The van der Waals surface area contributed by atoms with Gasteiger partial charge in [0, 0.05) is 3.57 Å². The molecule has 2 atom stereocenters. The lowest BCUT2D eigenvalue weighted by Crippen LogP contribution is -2.30. The number of benzene rings is 1. The number of hydrogen-bond donors (Lipinski definition) is 2. The van der Waals surface area contributed by atoms with Gasteiger partial charge in [-0.05, 0) is 46.2 Å². The highest BCUT2D eigenvalue weighted by Gasteiger charge is 2.19. The first kappa shape index (κ1) is 11.9. The molecular weight excluding hydrogens is 289 g/mol. The molecule has 0 radical (unpaired) electrons. The molecule has 1 aromatic carbocycles. The fraction of sp³-hybridized carbons (Fsp3) is 0.455. The second kappa shape index (κ2) is 5.09. The molecule has 0 bridgehead atoms. The first-order valence-electron chi connectivity index (χ1n) is 4.71. The van der Waals surface area contributed by atoms with Gasteiger partial charge in [0.05, 0.1) is 12.1 Å². The Morgan fingerprint density at radius 2 is 2.00 bits per heavy atom. The van der Waals surface area contributed by atoms with E-state index in [4.69, 9.17) is 5.73 Å². The Morgan fingerprint density at radius 3 is 2.50 bits per heavy atom. The third-order valence-corrected chi connectivity index (χ3v) is 2.96. The van der Waals surface area contributed by atoms with E-state index in [1.165, 1.54) is 0 Å². The molecule has 78 valence electrons. The molecule has 0 aromatic heterocycles. The Bertz CT molecular complexity index is 301. The van der Waals surface area contributed by atoms with Gasteiger partial charge < -0.3 is 10.8 Å². The predicted octanol–water partition coefficient (Wildman–Crippen LogP) is 2.31. The predicted molar refractivity (Wildman–Crippen MR) is 66.9 cm³/mol. The van der Waals surface area contributed by atoms with Crippen molar-refractivity contribution < 1.29 is 5.11 Å². The molecule has 2 nitrogen and oxygen atoms in total. The largest absolute Gasteiger partial charge is 0.391 e. The van der Waals surface area contributed by atoms with E-state index >= 15 is 0 Å². The minimum absolute atomic E-state index is 0.183. The fourth-order valence-electron chi connectivity index (χ4n) is 1.33. The molecule has 0 heterocycles. The van der Waals surface area contributed by atoms with Gasteiger partial charge in [-0.1, -0.05) is 26.0 Å². The molecule has 0 saturated heterocycles. The van der Waals surface area contributed by atoms with Crippen LogP contribution in [0.4, 0.5) is 0 Å². The lowest BCUT2D eigenvalue weighted by molar-refractivity contribution is 0.0979. The monoisotopic (exact) mass is 305 g/mol. The van der Waals surface area contributed by atoms with Crippen LogP contribution in [-0.4, -0.2) is 11.2 Å². The summed E-state index contributed by atoms with van der Waals surface area (Å²) >= 11 is 2.24. The lowest BCUT2D eigenvalue weighted by atomic mass is 9.95. The Balaban J connectivity index is 2.83. The number of aliphatic hydroxyl groups excluding tert-OH is 1. The topological polar surface area (TPSA) is 46.2 Å². The summed E-state index contributed by atoms with van der Waals surface area (Å²) in [6.45, 7) is 3.94. The zero-order valence-corrected chi connectivity index (χ0v) is 10.6. The quantitative estimate of drug-likeness (QED) is 0.842. The molecule has 1 rings (SSSR count). The maximum Gasteiger partial charge on any atom is 0.0755 e. The molecular formula is C11H16INO. The van der Waals surface area contributed by atoms with Gasteiger partial charge in [-0.3, -0.25) is 0 Å². The van der Waals surface area contributed by atoms with Gasteiger partial charge in [-0.15, -0.1) is 0 Å². The number of rotatable bonds is 3. The molecule has 0 amide bonds. The first-order valence-corrected chi connectivity index (χ1v) is 5.79. The molecule has 0 aliphatic heterocycles. The Hall–Kier alpha value is -0.130. The summed E-state index contributed by atoms with van der Waals surface area (Å²) < 4.78 is 1.14. The van der Waals surface area contributed by atoms with Crippen molar-refractivity contribution in [2.24, 2.45) is 11.7 Å². The number of hydrogen-bond acceptors (Lipinski definition) is 2. The van der Waals surface area contributed by atoms with Gasteiger partial charge in [0.15, 0.2) is 0 Å². The summed E-state index contributed by atoms with van der Waals surface area (Å²) in [5, 5.41) is 9.81. The summed E-state index contributed by atoms with van der Waals surface area (Å²) in [6, 6.07) is 7.65. The smallest absolute Gasteiger partial charge is 0.0755 e. The average Bonchev–Trinajstić information content (AvgIpc) is 2.15. The minimum Gasteiger partial charge on any atom is -0.391 e. The van der Waals surface area contributed by atoms with Gasteiger partial charge in [-0.2, -0.15) is 0 Å². The van der Waals surface area contributed by atoms with Crippen LogP contribution in [-0.2, 0) is 0 Å². The highest BCUT2D eigenvalue weighted by atomic mass is 127. The summed E-state index contributed by atoms with van der Waals surface area (Å²) in [5.41, 5.74) is 6.95. The van der Waals surface area contributed by atoms with Crippen LogP contribution in [0.1, 0.15) is 25.5 Å². The first-order chi connectivity index (χ1) is 6.52. The van der Waals surface area contributed by atoms with E-state index in [9.17, 15) is 5.11 Å². The van der Waals surface area contributed by atoms with Crippen molar-refractivity contribution in [2.75, 3.05) is 0 Å². The van der Waals surface area contributed by atoms with Crippen LogP contribution in [0.5, 0.6) is 0 Å². The van der Waals surface area contributed by atoms with E-state index in [1.54, 1.807) is 0 Å². The molecule has 3 heteroatoms. The number of aliphatic hydroxyl groups is 1. The molecule has 3 N–H and O–H groups in total. The maximum atomic E-state index is 9.81. The molecule has 0 aliphatic rings. The highest BCUT2D eigenvalue weighted by Crippen LogP contribution is 2.20. The molecule has 0 fully saturated rings. The fourth-order valence-corrected chi connectivity index (χ4v) is 1.89. The molecule has 14 heavy (non-hydrogen) atoms. The minimum atomic E-state index is -0.479. The lowest BCUT2D eigenvalue weighted by Gasteiger charge is -2.22. The molecule has 0 spiro atoms. The maximum absolute atomic E-state index is 9.81. The average molecular weight is 305 g/mol. The van der Waals surface area contributed by atoms with Crippen molar-refractivity contribution in [1.29, 1.82) is 0 Å². The van der Waals surface area contributed by atoms with E-state index in [-0.39, 0.29) is 12.0 Å². The van der Waals surface area contributed by atoms with Crippen LogP contribution in [0.25, 0.3) is 0 Å². The summed E-state index contributed by atoms with van der Waals surface area (Å²) in [5.74, 6) is 0.183. The zero-order chi connectivity index (χ0) is 10.7. The molecule has 1 aromatic rings. The van der Waals surface area contributed by atoms with Crippen molar-refractivity contribution in [3.05, 3.63) is 33.4 Å². The van der Waals surface area contributed by atoms with Gasteiger partial charge in [-0.25, -0.2) is 0 Å². The van der Waals surface area contributed by atoms with E-state index in [0.717, 1.165) is 9.13 Å². The third-order valence-electron chi connectivity index (χ3n) is 2.28. The SMILES string of the molecule is CC(C)C(O)C(N)c1cccc(I)c1. The normalized spacial score (nSPS) is 15.6. The standard InChI is InChI=1S/C11H16INO/c1-7(2)11(14)10(13)8-4-3-5-9(12)6-8/h3-7,10-11,14H,13H2,1-2H3. The summed E-state index contributed by atoms with van der Waals surface area (Å²) in [7, 11) is 0. The second-order valence-electron chi connectivity index (χ2n) is 3.82. The van der Waals surface area contributed by atoms with Crippen LogP contribution in [0.15, 0.2) is 24.3 Å². The van der Waals surface area contributed by atoms with E-state index in [2.05, 4.69) is 22.6 Å². The van der Waals surface area contributed by atoms with E-state index in [0.29, 0.717) is 0 Å². The van der Waals surface area contributed by atoms with Crippen LogP contribution < -0.4 is 5.73 Å². The van der Waals surface area contributed by atoms with Gasteiger partial charge in [0.1, 0.15) is 0 Å². The molecule has 0 aliphatic carbocycles. The van der Waals surface area contributed by atoms with Crippen molar-refractivity contribution in [3.63, 3.8) is 0 Å². The van der Waals surface area contributed by atoms with Crippen LogP contribution in [0.2, 0.25) is 0 Å². The number of halogens is 1. The van der Waals surface area contributed by atoms with Crippen molar-refractivity contribution in [1.82, 2.24) is 0 Å². The number of nitrogens with two attached hydrogens (primary N) is 1. The highest BCUT2D eigenvalue weighted by molar-refractivity contribution is 14.1. The zero-order valence-electron chi connectivity index (χ0n) is 8.44. The summed E-state index contributed by atoms with van der Waals surface area (Å²) in [4.78, 5) is 0. The van der Waals surface area contributed by atoms with Crippen molar-refractivity contribution >= 4 is 22.6 Å². The molecule has 0 saturated carbocycles. The van der Waals surface area contributed by atoms with Gasteiger partial charge in [0.2, 0.25) is 0 Å². The van der Waals surface area contributed by atoms with Crippen LogP contribution >= 0.6 is 22.6 Å². The van der Waals surface area contributed by atoms with Crippen LogP contribution in [0.3, 0.4) is 0 Å².